The molecule has 3 N–H and O–H groups in total. The summed E-state index contributed by atoms with van der Waals surface area (Å²) >= 11 is 5.75. The third kappa shape index (κ3) is 6.59. The van der Waals surface area contributed by atoms with Crippen molar-refractivity contribution in [2.24, 2.45) is 5.10 Å². The fraction of sp³-hybridized carbons (Fsp3) is 0.273. The van der Waals surface area contributed by atoms with Crippen LogP contribution >= 0.6 is 11.6 Å². The Kier molecular flexibility index (Phi) is 8.09. The summed E-state index contributed by atoms with van der Waals surface area (Å²) in [4.78, 5) is 47.3. The van der Waals surface area contributed by atoms with Crippen LogP contribution in [0.25, 0.3) is 0 Å². The van der Waals surface area contributed by atoms with E-state index in [1.54, 1.807) is 18.2 Å². The monoisotopic (exact) mass is 471 g/mol. The highest BCUT2D eigenvalue weighted by Crippen LogP contribution is 2.24. The number of nitrogens with zero attached hydrogens (tertiary/aromatic N) is 2. The predicted octanol–water partition coefficient (Wildman–Crippen LogP) is 3.40. The largest absolute Gasteiger partial charge is 0.349 e. The SMILES string of the molecule is O=C(NN=Cc1ccc(Cl)c([N+](=O)[O-])c1)C(=O)Nc1ccccc1C(=O)NC1CCCCC1. The van der Waals surface area contributed by atoms with Crippen LogP contribution in [0.3, 0.4) is 0 Å². The average molecular weight is 472 g/mol. The van der Waals surface area contributed by atoms with Gasteiger partial charge in [-0.1, -0.05) is 49.1 Å². The molecule has 3 amide bonds. The molecule has 33 heavy (non-hydrogen) atoms. The Hall–Kier alpha value is -3.79. The van der Waals surface area contributed by atoms with Crippen LogP contribution in [0.2, 0.25) is 5.02 Å². The van der Waals surface area contributed by atoms with Crippen molar-refractivity contribution in [3.8, 4) is 0 Å². The number of anilines is 1. The molecule has 1 fully saturated rings. The van der Waals surface area contributed by atoms with Gasteiger partial charge in [-0.25, -0.2) is 5.43 Å². The van der Waals surface area contributed by atoms with E-state index in [2.05, 4.69) is 15.7 Å². The number of rotatable bonds is 6. The number of nitro groups is 1. The Morgan fingerprint density at radius 1 is 1.06 bits per heavy atom. The molecule has 0 radical (unpaired) electrons. The van der Waals surface area contributed by atoms with Crippen molar-refractivity contribution < 1.29 is 19.3 Å². The van der Waals surface area contributed by atoms with Crippen molar-refractivity contribution in [1.29, 1.82) is 0 Å². The summed E-state index contributed by atoms with van der Waals surface area (Å²) in [6.07, 6.45) is 6.25. The lowest BCUT2D eigenvalue weighted by atomic mass is 9.95. The smallest absolute Gasteiger partial charge is 0.329 e. The number of carbonyl (C=O) groups excluding carboxylic acids is 3. The zero-order valence-electron chi connectivity index (χ0n) is 17.5. The molecule has 172 valence electrons. The number of carbonyl (C=O) groups is 3. The van der Waals surface area contributed by atoms with Gasteiger partial charge in [-0.3, -0.25) is 24.5 Å². The second-order valence-corrected chi connectivity index (χ2v) is 7.88. The number of amides is 3. The van der Waals surface area contributed by atoms with Crippen molar-refractivity contribution in [3.05, 3.63) is 68.7 Å². The van der Waals surface area contributed by atoms with E-state index >= 15 is 0 Å². The second-order valence-electron chi connectivity index (χ2n) is 7.48. The molecule has 1 aliphatic carbocycles. The van der Waals surface area contributed by atoms with Gasteiger partial charge in [0.1, 0.15) is 5.02 Å². The van der Waals surface area contributed by atoms with Crippen molar-refractivity contribution >= 4 is 46.9 Å². The molecule has 0 heterocycles. The normalized spacial score (nSPS) is 14.0. The van der Waals surface area contributed by atoms with Gasteiger partial charge in [0.05, 0.1) is 22.4 Å². The van der Waals surface area contributed by atoms with E-state index in [0.29, 0.717) is 5.56 Å². The molecule has 1 saturated carbocycles. The number of hydrogen-bond acceptors (Lipinski definition) is 6. The maximum absolute atomic E-state index is 12.7. The molecule has 0 saturated heterocycles. The van der Waals surface area contributed by atoms with Crippen LogP contribution in [0.15, 0.2) is 47.6 Å². The molecule has 2 aromatic carbocycles. The lowest BCUT2D eigenvalue weighted by Gasteiger charge is -2.23. The lowest BCUT2D eigenvalue weighted by molar-refractivity contribution is -0.384. The molecule has 10 nitrogen and oxygen atoms in total. The Labute approximate surface area is 194 Å². The molecule has 0 bridgehead atoms. The first-order chi connectivity index (χ1) is 15.8. The van der Waals surface area contributed by atoms with Crippen LogP contribution < -0.4 is 16.1 Å². The Morgan fingerprint density at radius 3 is 2.52 bits per heavy atom. The summed E-state index contributed by atoms with van der Waals surface area (Å²) < 4.78 is 0. The van der Waals surface area contributed by atoms with Crippen LogP contribution in [-0.2, 0) is 9.59 Å². The van der Waals surface area contributed by atoms with E-state index in [9.17, 15) is 24.5 Å². The van der Waals surface area contributed by atoms with Gasteiger partial charge < -0.3 is 10.6 Å². The molecule has 3 rings (SSSR count). The topological polar surface area (TPSA) is 143 Å². The number of benzene rings is 2. The number of nitrogens with one attached hydrogen (secondary N) is 3. The number of para-hydroxylation sites is 1. The van der Waals surface area contributed by atoms with E-state index < -0.39 is 16.7 Å². The van der Waals surface area contributed by atoms with Gasteiger partial charge >= 0.3 is 11.8 Å². The third-order valence-electron chi connectivity index (χ3n) is 5.11. The van der Waals surface area contributed by atoms with E-state index in [1.165, 1.54) is 24.3 Å². The second kappa shape index (κ2) is 11.2. The van der Waals surface area contributed by atoms with Crippen molar-refractivity contribution in [3.63, 3.8) is 0 Å². The Morgan fingerprint density at radius 2 is 1.79 bits per heavy atom. The first-order valence-corrected chi connectivity index (χ1v) is 10.7. The first-order valence-electron chi connectivity index (χ1n) is 10.3. The van der Waals surface area contributed by atoms with Crippen LogP contribution in [0, 0.1) is 10.1 Å². The Bertz CT molecular complexity index is 1100. The summed E-state index contributed by atoms with van der Waals surface area (Å²) in [5, 5.41) is 19.9. The van der Waals surface area contributed by atoms with Crippen LogP contribution in [-0.4, -0.2) is 34.9 Å². The van der Waals surface area contributed by atoms with Crippen molar-refractivity contribution in [2.75, 3.05) is 5.32 Å². The molecule has 2 aromatic rings. The van der Waals surface area contributed by atoms with Crippen molar-refractivity contribution in [2.45, 2.75) is 38.1 Å². The van der Waals surface area contributed by atoms with Crippen molar-refractivity contribution in [1.82, 2.24) is 10.7 Å². The lowest BCUT2D eigenvalue weighted by Crippen LogP contribution is -2.37. The quantitative estimate of drug-likeness (QED) is 0.256. The highest BCUT2D eigenvalue weighted by atomic mass is 35.5. The molecule has 11 heteroatoms. The summed E-state index contributed by atoms with van der Waals surface area (Å²) in [7, 11) is 0. The summed E-state index contributed by atoms with van der Waals surface area (Å²) in [6.45, 7) is 0. The van der Waals surface area contributed by atoms with E-state index in [0.717, 1.165) is 38.3 Å². The minimum Gasteiger partial charge on any atom is -0.349 e. The molecular formula is C22H22ClN5O5. The van der Waals surface area contributed by atoms with E-state index in [-0.39, 0.29) is 33.9 Å². The molecule has 0 aliphatic heterocycles. The predicted molar refractivity (Wildman–Crippen MR) is 123 cm³/mol. The molecule has 0 unspecified atom stereocenters. The zero-order chi connectivity index (χ0) is 23.8. The van der Waals surface area contributed by atoms with Gasteiger partial charge in [0.15, 0.2) is 0 Å². The van der Waals surface area contributed by atoms with Gasteiger partial charge in [0, 0.05) is 17.7 Å². The van der Waals surface area contributed by atoms with Crippen LogP contribution in [0.5, 0.6) is 0 Å². The summed E-state index contributed by atoms with van der Waals surface area (Å²) in [6, 6.07) is 10.5. The number of hydrazone groups is 1. The fourth-order valence-corrected chi connectivity index (χ4v) is 3.63. The fourth-order valence-electron chi connectivity index (χ4n) is 3.45. The molecule has 0 aromatic heterocycles. The number of nitro benzene ring substituents is 1. The Balaban J connectivity index is 1.60. The summed E-state index contributed by atoms with van der Waals surface area (Å²) in [5.74, 6) is -2.41. The molecular weight excluding hydrogens is 450 g/mol. The standard InChI is InChI=1S/C22H22ClN5O5/c23-17-11-10-14(12-19(17)28(32)33)13-24-27-22(31)21(30)26-18-9-5-4-8-16(18)20(29)25-15-6-2-1-3-7-15/h4-5,8-13,15H,1-3,6-7H2,(H,25,29)(H,26,30)(H,27,31). The summed E-state index contributed by atoms with van der Waals surface area (Å²) in [5.41, 5.74) is 2.48. The maximum atomic E-state index is 12.7. The molecule has 0 atom stereocenters. The minimum atomic E-state index is -1.07. The minimum absolute atomic E-state index is 0.0354. The first kappa shape index (κ1) is 23.9. The van der Waals surface area contributed by atoms with Gasteiger partial charge in [-0.05, 0) is 31.0 Å². The molecule has 1 aliphatic rings. The highest BCUT2D eigenvalue weighted by molar-refractivity contribution is 6.40. The number of hydrogen-bond donors (Lipinski definition) is 3. The average Bonchev–Trinajstić information content (AvgIpc) is 2.80. The third-order valence-corrected chi connectivity index (χ3v) is 5.43. The van der Waals surface area contributed by atoms with E-state index in [4.69, 9.17) is 11.6 Å². The van der Waals surface area contributed by atoms with E-state index in [1.807, 2.05) is 5.43 Å². The number of halogens is 1. The van der Waals surface area contributed by atoms with Gasteiger partial charge in [-0.2, -0.15) is 5.10 Å². The molecule has 0 spiro atoms. The van der Waals surface area contributed by atoms with Gasteiger partial charge in [-0.15, -0.1) is 0 Å². The zero-order valence-corrected chi connectivity index (χ0v) is 18.3. The van der Waals surface area contributed by atoms with Gasteiger partial charge in [0.25, 0.3) is 11.6 Å². The maximum Gasteiger partial charge on any atom is 0.329 e. The highest BCUT2D eigenvalue weighted by Gasteiger charge is 2.21. The van der Waals surface area contributed by atoms with Crippen LogP contribution in [0.1, 0.15) is 48.0 Å². The van der Waals surface area contributed by atoms with Crippen LogP contribution in [0.4, 0.5) is 11.4 Å². The van der Waals surface area contributed by atoms with Gasteiger partial charge in [0.2, 0.25) is 0 Å².